The third-order valence-corrected chi connectivity index (χ3v) is 6.51. The second-order valence-electron chi connectivity index (χ2n) is 5.02. The minimum absolute atomic E-state index is 0.000770. The van der Waals surface area contributed by atoms with E-state index in [0.29, 0.717) is 6.54 Å². The summed E-state index contributed by atoms with van der Waals surface area (Å²) in [6.07, 6.45) is 2.03. The molecule has 0 aromatic carbocycles. The zero-order chi connectivity index (χ0) is 16.2. The fourth-order valence-corrected chi connectivity index (χ4v) is 4.93. The number of esters is 1. The van der Waals surface area contributed by atoms with Gasteiger partial charge in [0, 0.05) is 12.6 Å². The van der Waals surface area contributed by atoms with Crippen LogP contribution in [0.2, 0.25) is 0 Å². The summed E-state index contributed by atoms with van der Waals surface area (Å²) < 4.78 is 37.1. The van der Waals surface area contributed by atoms with Gasteiger partial charge in [0.1, 0.15) is 4.88 Å². The zero-order valence-corrected chi connectivity index (χ0v) is 14.2. The average molecular weight is 348 g/mol. The number of nitrogens with one attached hydrogen (secondary N) is 2. The van der Waals surface area contributed by atoms with Gasteiger partial charge < -0.3 is 14.8 Å². The third kappa shape index (κ3) is 3.97. The fraction of sp³-hybridized carbons (Fsp3) is 0.615. The first-order valence-electron chi connectivity index (χ1n) is 6.94. The van der Waals surface area contributed by atoms with Crippen molar-refractivity contribution in [2.45, 2.75) is 17.1 Å². The molecule has 9 heteroatoms. The number of methoxy groups -OCH3 is 2. The highest BCUT2D eigenvalue weighted by atomic mass is 32.2. The molecule has 22 heavy (non-hydrogen) atoms. The van der Waals surface area contributed by atoms with Crippen LogP contribution < -0.4 is 14.8 Å². The lowest BCUT2D eigenvalue weighted by Crippen LogP contribution is -2.37. The van der Waals surface area contributed by atoms with E-state index in [1.807, 2.05) is 0 Å². The van der Waals surface area contributed by atoms with Crippen LogP contribution in [0, 0.1) is 5.92 Å². The van der Waals surface area contributed by atoms with Crippen LogP contribution in [0.1, 0.15) is 22.5 Å². The lowest BCUT2D eigenvalue weighted by Gasteiger charge is -2.22. The van der Waals surface area contributed by atoms with Gasteiger partial charge in [-0.25, -0.2) is 17.9 Å². The quantitative estimate of drug-likeness (QED) is 0.740. The Morgan fingerprint density at radius 2 is 2.27 bits per heavy atom. The first-order chi connectivity index (χ1) is 10.5. The van der Waals surface area contributed by atoms with Gasteiger partial charge in [-0.2, -0.15) is 0 Å². The fourth-order valence-electron chi connectivity index (χ4n) is 2.28. The van der Waals surface area contributed by atoms with Crippen LogP contribution in [0.15, 0.2) is 10.3 Å². The molecule has 0 saturated carbocycles. The highest BCUT2D eigenvalue weighted by Crippen LogP contribution is 2.33. The van der Waals surface area contributed by atoms with E-state index in [4.69, 9.17) is 4.74 Å². The van der Waals surface area contributed by atoms with Crippen molar-refractivity contribution in [3.8, 4) is 5.75 Å². The molecule has 1 atom stereocenters. The largest absolute Gasteiger partial charge is 0.494 e. The molecule has 124 valence electrons. The van der Waals surface area contributed by atoms with E-state index in [-0.39, 0.29) is 20.8 Å². The lowest BCUT2D eigenvalue weighted by molar-refractivity contribution is 0.0606. The maximum absolute atomic E-state index is 12.4. The maximum Gasteiger partial charge on any atom is 0.348 e. The summed E-state index contributed by atoms with van der Waals surface area (Å²) in [5.74, 6) is -0.157. The van der Waals surface area contributed by atoms with Gasteiger partial charge in [0.15, 0.2) is 9.96 Å². The second kappa shape index (κ2) is 7.40. The van der Waals surface area contributed by atoms with Crippen molar-refractivity contribution in [3.63, 3.8) is 0 Å². The van der Waals surface area contributed by atoms with E-state index in [0.717, 1.165) is 37.3 Å². The summed E-state index contributed by atoms with van der Waals surface area (Å²) >= 11 is 0.845. The van der Waals surface area contributed by atoms with Crippen molar-refractivity contribution in [1.29, 1.82) is 0 Å². The number of carbonyl (C=O) groups excluding carboxylic acids is 1. The molecular formula is C13H20N2O5S2. The molecule has 1 aliphatic heterocycles. The van der Waals surface area contributed by atoms with Crippen LogP contribution in [-0.2, 0) is 14.8 Å². The molecule has 1 aromatic heterocycles. The molecule has 0 radical (unpaired) electrons. The molecule has 1 unspecified atom stereocenters. The van der Waals surface area contributed by atoms with Crippen LogP contribution in [0.4, 0.5) is 0 Å². The molecule has 2 heterocycles. The van der Waals surface area contributed by atoms with Gasteiger partial charge in [0.05, 0.1) is 14.2 Å². The van der Waals surface area contributed by atoms with E-state index in [1.54, 1.807) is 0 Å². The number of thiophene rings is 1. The van der Waals surface area contributed by atoms with E-state index in [9.17, 15) is 13.2 Å². The summed E-state index contributed by atoms with van der Waals surface area (Å²) in [4.78, 5) is 11.7. The molecule has 0 spiro atoms. The van der Waals surface area contributed by atoms with Gasteiger partial charge in [0.25, 0.3) is 10.0 Å². The van der Waals surface area contributed by atoms with Crippen LogP contribution in [0.3, 0.4) is 0 Å². The predicted molar refractivity (Wildman–Crippen MR) is 83.0 cm³/mol. The number of hydrogen-bond acceptors (Lipinski definition) is 7. The van der Waals surface area contributed by atoms with Gasteiger partial charge in [-0.15, -0.1) is 11.3 Å². The molecule has 2 rings (SSSR count). The van der Waals surface area contributed by atoms with Crippen LogP contribution in [-0.4, -0.2) is 48.2 Å². The molecule has 1 aromatic rings. The van der Waals surface area contributed by atoms with Gasteiger partial charge in [-0.3, -0.25) is 0 Å². The molecule has 0 aliphatic carbocycles. The number of carbonyl (C=O) groups is 1. The van der Waals surface area contributed by atoms with Crippen LogP contribution in [0.25, 0.3) is 0 Å². The van der Waals surface area contributed by atoms with Crippen molar-refractivity contribution >= 4 is 27.3 Å². The predicted octanol–water partition coefficient (Wildman–Crippen LogP) is 0.821. The van der Waals surface area contributed by atoms with Crippen molar-refractivity contribution in [2.75, 3.05) is 33.9 Å². The maximum atomic E-state index is 12.4. The van der Waals surface area contributed by atoms with Crippen LogP contribution >= 0.6 is 11.3 Å². The Morgan fingerprint density at radius 3 is 2.86 bits per heavy atom. The summed E-state index contributed by atoms with van der Waals surface area (Å²) in [6.45, 7) is 2.14. The number of sulfonamides is 1. The van der Waals surface area contributed by atoms with E-state index >= 15 is 0 Å². The Balaban J connectivity index is 2.13. The molecule has 1 fully saturated rings. The first kappa shape index (κ1) is 17.2. The van der Waals surface area contributed by atoms with Gasteiger partial charge in [0.2, 0.25) is 0 Å². The zero-order valence-electron chi connectivity index (χ0n) is 12.5. The third-order valence-electron chi connectivity index (χ3n) is 3.48. The lowest BCUT2D eigenvalue weighted by atomic mass is 10.0. The highest BCUT2D eigenvalue weighted by molar-refractivity contribution is 7.91. The van der Waals surface area contributed by atoms with Crippen molar-refractivity contribution in [3.05, 3.63) is 10.9 Å². The molecule has 2 N–H and O–H groups in total. The standard InChI is InChI=1S/C13H20N2O5S2/c1-19-10-6-11(12(16)20-2)21-13(10)22(17,18)15-8-9-4-3-5-14-7-9/h6,9,14-15H,3-5,7-8H2,1-2H3. The Labute approximate surface area is 134 Å². The minimum Gasteiger partial charge on any atom is -0.494 e. The van der Waals surface area contributed by atoms with Crippen molar-refractivity contribution in [1.82, 2.24) is 10.0 Å². The number of piperidine rings is 1. The molecule has 0 amide bonds. The van der Waals surface area contributed by atoms with Crippen molar-refractivity contribution < 1.29 is 22.7 Å². The monoisotopic (exact) mass is 348 g/mol. The smallest absolute Gasteiger partial charge is 0.348 e. The summed E-state index contributed by atoms with van der Waals surface area (Å²) in [7, 11) is -1.10. The van der Waals surface area contributed by atoms with Gasteiger partial charge in [-0.1, -0.05) is 0 Å². The number of hydrogen-bond donors (Lipinski definition) is 2. The molecule has 1 aliphatic rings. The highest BCUT2D eigenvalue weighted by Gasteiger charge is 2.27. The SMILES string of the molecule is COC(=O)c1cc(OC)c(S(=O)(=O)NCC2CCCNC2)s1. The summed E-state index contributed by atoms with van der Waals surface area (Å²) in [5.41, 5.74) is 0. The number of ether oxygens (including phenoxy) is 2. The first-order valence-corrected chi connectivity index (χ1v) is 9.24. The second-order valence-corrected chi connectivity index (χ2v) is 8.04. The average Bonchev–Trinajstić information content (AvgIpc) is 2.98. The Bertz CT molecular complexity index is 620. The normalized spacial score (nSPS) is 18.9. The Kier molecular flexibility index (Phi) is 5.79. The Morgan fingerprint density at radius 1 is 1.50 bits per heavy atom. The summed E-state index contributed by atoms with van der Waals surface area (Å²) in [5, 5.41) is 3.24. The van der Waals surface area contributed by atoms with E-state index < -0.39 is 16.0 Å². The van der Waals surface area contributed by atoms with E-state index in [2.05, 4.69) is 14.8 Å². The van der Waals surface area contributed by atoms with Gasteiger partial charge in [-0.05, 0) is 31.8 Å². The van der Waals surface area contributed by atoms with Crippen molar-refractivity contribution in [2.24, 2.45) is 5.92 Å². The van der Waals surface area contributed by atoms with Crippen LogP contribution in [0.5, 0.6) is 5.75 Å². The topological polar surface area (TPSA) is 93.7 Å². The summed E-state index contributed by atoms with van der Waals surface area (Å²) in [6, 6.07) is 1.38. The molecule has 1 saturated heterocycles. The molecule has 7 nitrogen and oxygen atoms in total. The minimum atomic E-state index is -3.72. The molecule has 0 bridgehead atoms. The number of rotatable bonds is 6. The Hall–Kier alpha value is -1.16. The van der Waals surface area contributed by atoms with Gasteiger partial charge >= 0.3 is 5.97 Å². The van der Waals surface area contributed by atoms with E-state index in [1.165, 1.54) is 20.3 Å². The molecular weight excluding hydrogens is 328 g/mol.